The highest BCUT2D eigenvalue weighted by atomic mass is 35.5. The van der Waals surface area contributed by atoms with Gasteiger partial charge in [0.1, 0.15) is 5.75 Å². The van der Waals surface area contributed by atoms with Gasteiger partial charge >= 0.3 is 0 Å². The maximum atomic E-state index is 10.1. The molecule has 0 unspecified atom stereocenters. The maximum Gasteiger partial charge on any atom is 0.120 e. The highest BCUT2D eigenvalue weighted by molar-refractivity contribution is 6.30. The first-order chi connectivity index (χ1) is 9.22. The summed E-state index contributed by atoms with van der Waals surface area (Å²) in [5.74, 6) is 0.331. The molecule has 0 radical (unpaired) electrons. The number of benzene rings is 1. The van der Waals surface area contributed by atoms with Crippen LogP contribution >= 0.6 is 36.4 Å². The van der Waals surface area contributed by atoms with Gasteiger partial charge in [0.05, 0.1) is 0 Å². The summed E-state index contributed by atoms with van der Waals surface area (Å²) in [7, 11) is 0. The molecule has 1 fully saturated rings. The van der Waals surface area contributed by atoms with Crippen molar-refractivity contribution < 1.29 is 5.11 Å². The van der Waals surface area contributed by atoms with Crippen LogP contribution in [0.4, 0.5) is 0 Å². The maximum absolute atomic E-state index is 10.1. The Balaban J connectivity index is 0.00000200. The van der Waals surface area contributed by atoms with Crippen molar-refractivity contribution in [2.45, 2.75) is 18.9 Å². The van der Waals surface area contributed by atoms with Crippen LogP contribution in [0.2, 0.25) is 5.02 Å². The Morgan fingerprint density at radius 3 is 2.62 bits per heavy atom. The van der Waals surface area contributed by atoms with E-state index >= 15 is 0 Å². The first-order valence-corrected chi connectivity index (χ1v) is 7.14. The predicted octanol–water partition coefficient (Wildman–Crippen LogP) is 3.80. The topological polar surface area (TPSA) is 35.5 Å². The second kappa shape index (κ2) is 10.3. The number of phenols is 1. The number of nitrogens with zero attached hydrogens (tertiary/aromatic N) is 1. The van der Waals surface area contributed by atoms with Crippen LogP contribution in [0.15, 0.2) is 30.9 Å². The number of piperazine rings is 1. The van der Waals surface area contributed by atoms with Crippen molar-refractivity contribution >= 4 is 36.4 Å². The van der Waals surface area contributed by atoms with Crippen LogP contribution in [0.1, 0.15) is 24.4 Å². The molecular weight excluding hydrogens is 331 g/mol. The van der Waals surface area contributed by atoms with E-state index in [0.717, 1.165) is 44.6 Å². The van der Waals surface area contributed by atoms with Crippen molar-refractivity contribution in [2.75, 3.05) is 26.2 Å². The van der Waals surface area contributed by atoms with E-state index in [0.29, 0.717) is 10.8 Å². The molecule has 1 aliphatic rings. The fraction of sp³-hybridized carbons (Fsp3) is 0.467. The number of halogens is 3. The molecule has 2 N–H and O–H groups in total. The van der Waals surface area contributed by atoms with Crippen molar-refractivity contribution in [3.63, 3.8) is 0 Å². The Kier molecular flexibility index (Phi) is 10.1. The van der Waals surface area contributed by atoms with Gasteiger partial charge in [0, 0.05) is 42.8 Å². The summed E-state index contributed by atoms with van der Waals surface area (Å²) in [5, 5.41) is 14.1. The Hall–Kier alpha value is -0.450. The zero-order chi connectivity index (χ0) is 13.7. The molecule has 2 rings (SSSR count). The molecule has 1 aromatic carbocycles. The number of phenolic OH excluding ortho intramolecular Hbond substituents is 1. The molecule has 0 aliphatic carbocycles. The SMILES string of the molecule is C=CCC[C@H](c1cc(Cl)ccc1O)N1CCNCC1.Cl.Cl. The summed E-state index contributed by atoms with van der Waals surface area (Å²) in [6, 6.07) is 5.50. The average Bonchev–Trinajstić information content (AvgIpc) is 2.44. The quantitative estimate of drug-likeness (QED) is 0.790. The van der Waals surface area contributed by atoms with E-state index in [-0.39, 0.29) is 30.9 Å². The Bertz CT molecular complexity index is 437. The molecule has 0 aromatic heterocycles. The number of allylic oxidation sites excluding steroid dienone is 1. The number of rotatable bonds is 5. The fourth-order valence-electron chi connectivity index (χ4n) is 2.60. The fourth-order valence-corrected chi connectivity index (χ4v) is 2.78. The van der Waals surface area contributed by atoms with Crippen LogP contribution in [-0.4, -0.2) is 36.2 Å². The van der Waals surface area contributed by atoms with Crippen molar-refractivity contribution in [1.82, 2.24) is 10.2 Å². The van der Waals surface area contributed by atoms with E-state index in [9.17, 15) is 5.11 Å². The number of hydrogen-bond donors (Lipinski definition) is 2. The minimum atomic E-state index is 0. The summed E-state index contributed by atoms with van der Waals surface area (Å²) in [4.78, 5) is 2.41. The first kappa shape index (κ1) is 20.6. The van der Waals surface area contributed by atoms with E-state index in [1.54, 1.807) is 12.1 Å². The lowest BCUT2D eigenvalue weighted by Crippen LogP contribution is -2.45. The third-order valence-corrected chi connectivity index (χ3v) is 3.82. The molecule has 1 aliphatic heterocycles. The molecule has 6 heteroatoms. The monoisotopic (exact) mass is 352 g/mol. The summed E-state index contributed by atoms with van der Waals surface area (Å²) >= 11 is 6.07. The van der Waals surface area contributed by atoms with Crippen molar-refractivity contribution in [1.29, 1.82) is 0 Å². The van der Waals surface area contributed by atoms with Crippen LogP contribution in [0.3, 0.4) is 0 Å². The molecule has 1 aromatic rings. The third-order valence-electron chi connectivity index (χ3n) is 3.59. The van der Waals surface area contributed by atoms with Crippen LogP contribution < -0.4 is 5.32 Å². The van der Waals surface area contributed by atoms with E-state index < -0.39 is 0 Å². The second-order valence-electron chi connectivity index (χ2n) is 4.87. The second-order valence-corrected chi connectivity index (χ2v) is 5.31. The van der Waals surface area contributed by atoms with Crippen molar-refractivity contribution in [2.24, 2.45) is 0 Å². The molecule has 1 saturated heterocycles. The van der Waals surface area contributed by atoms with Gasteiger partial charge in [-0.25, -0.2) is 0 Å². The zero-order valence-corrected chi connectivity index (χ0v) is 14.3. The standard InChI is InChI=1S/C15H21ClN2O.2ClH/c1-2-3-4-14(18-9-7-17-8-10-18)13-11-12(16)5-6-15(13)19;;/h2,5-6,11,14,17,19H,1,3-4,7-10H2;2*1H/t14-;;/m1../s1. The van der Waals surface area contributed by atoms with Gasteiger partial charge < -0.3 is 10.4 Å². The van der Waals surface area contributed by atoms with Gasteiger partial charge in [0.25, 0.3) is 0 Å². The molecular formula is C15H23Cl3N2O. The van der Waals surface area contributed by atoms with Crippen molar-refractivity contribution in [3.8, 4) is 5.75 Å². The molecule has 3 nitrogen and oxygen atoms in total. The number of aromatic hydroxyl groups is 1. The summed E-state index contributed by atoms with van der Waals surface area (Å²) in [5.41, 5.74) is 0.927. The Labute approximate surface area is 144 Å². The molecule has 0 spiro atoms. The smallest absolute Gasteiger partial charge is 0.120 e. The van der Waals surface area contributed by atoms with Crippen LogP contribution in [-0.2, 0) is 0 Å². The lowest BCUT2D eigenvalue weighted by molar-refractivity contribution is 0.163. The molecule has 0 saturated carbocycles. The largest absolute Gasteiger partial charge is 0.508 e. The molecule has 120 valence electrons. The Morgan fingerprint density at radius 1 is 1.33 bits per heavy atom. The number of nitrogens with one attached hydrogen (secondary N) is 1. The lowest BCUT2D eigenvalue weighted by Gasteiger charge is -2.35. The molecule has 1 heterocycles. The normalized spacial score (nSPS) is 16.4. The molecule has 0 bridgehead atoms. The average molecular weight is 354 g/mol. The van der Waals surface area contributed by atoms with Crippen molar-refractivity contribution in [3.05, 3.63) is 41.4 Å². The number of hydrogen-bond acceptors (Lipinski definition) is 3. The molecule has 1 atom stereocenters. The van der Waals surface area contributed by atoms with Crippen LogP contribution in [0, 0.1) is 0 Å². The van der Waals surface area contributed by atoms with E-state index in [1.807, 2.05) is 12.1 Å². The predicted molar refractivity (Wildman–Crippen MR) is 94.2 cm³/mol. The third kappa shape index (κ3) is 5.68. The van der Waals surface area contributed by atoms with Gasteiger partial charge in [-0.1, -0.05) is 17.7 Å². The lowest BCUT2D eigenvalue weighted by atomic mass is 9.98. The summed E-state index contributed by atoms with van der Waals surface area (Å²) < 4.78 is 0. The van der Waals surface area contributed by atoms with Gasteiger partial charge in [-0.2, -0.15) is 0 Å². The summed E-state index contributed by atoms with van der Waals surface area (Å²) in [6.07, 6.45) is 3.81. The Morgan fingerprint density at radius 2 is 2.00 bits per heavy atom. The van der Waals surface area contributed by atoms with Gasteiger partial charge in [-0.05, 0) is 31.0 Å². The van der Waals surface area contributed by atoms with E-state index in [4.69, 9.17) is 11.6 Å². The van der Waals surface area contributed by atoms with Gasteiger partial charge in [0.2, 0.25) is 0 Å². The zero-order valence-electron chi connectivity index (χ0n) is 11.9. The van der Waals surface area contributed by atoms with Crippen LogP contribution in [0.25, 0.3) is 0 Å². The highest BCUT2D eigenvalue weighted by Crippen LogP contribution is 2.34. The van der Waals surface area contributed by atoms with Gasteiger partial charge in [0.15, 0.2) is 0 Å². The highest BCUT2D eigenvalue weighted by Gasteiger charge is 2.23. The van der Waals surface area contributed by atoms with Gasteiger partial charge in [-0.15, -0.1) is 31.4 Å². The van der Waals surface area contributed by atoms with E-state index in [2.05, 4.69) is 16.8 Å². The summed E-state index contributed by atoms with van der Waals surface area (Å²) in [6.45, 7) is 7.76. The molecule has 0 amide bonds. The minimum absolute atomic E-state index is 0. The minimum Gasteiger partial charge on any atom is -0.508 e. The van der Waals surface area contributed by atoms with Gasteiger partial charge in [-0.3, -0.25) is 4.90 Å². The molecule has 21 heavy (non-hydrogen) atoms. The first-order valence-electron chi connectivity index (χ1n) is 6.76. The van der Waals surface area contributed by atoms with E-state index in [1.165, 1.54) is 0 Å². The van der Waals surface area contributed by atoms with Crippen LogP contribution in [0.5, 0.6) is 5.75 Å².